The minimum absolute atomic E-state index is 0.167. The quantitative estimate of drug-likeness (QED) is 0.156. The van der Waals surface area contributed by atoms with Gasteiger partial charge in [0.2, 0.25) is 0 Å². The van der Waals surface area contributed by atoms with Gasteiger partial charge in [0, 0.05) is 29.2 Å². The normalized spacial score (nSPS) is 12.9. The molecule has 6 rings (SSSR count). The second kappa shape index (κ2) is 9.99. The van der Waals surface area contributed by atoms with Crippen molar-refractivity contribution < 1.29 is 35.5 Å². The molecule has 1 unspecified atom stereocenters. The van der Waals surface area contributed by atoms with E-state index in [9.17, 15) is 4.39 Å². The lowest BCUT2D eigenvalue weighted by Crippen LogP contribution is -2.19. The molecule has 1 heterocycles. The van der Waals surface area contributed by atoms with Gasteiger partial charge in [-0.1, -0.05) is 24.3 Å². The molecule has 1 aliphatic heterocycles. The number of ether oxygens (including phenoxy) is 1. The SMILES string of the molecule is Cc1cc(F)c(C(c2cc(F)c(N3c4ccccc4Oc4ccccc43)c(F)c2)c2c(F)cc(F)cc2F)c(F)c1. The van der Waals surface area contributed by atoms with E-state index in [-0.39, 0.29) is 5.56 Å². The van der Waals surface area contributed by atoms with Crippen LogP contribution in [0.3, 0.4) is 0 Å². The zero-order valence-electron chi connectivity index (χ0n) is 21.2. The molecule has 0 amide bonds. The Hall–Kier alpha value is -4.79. The van der Waals surface area contributed by atoms with Gasteiger partial charge in [-0.25, -0.2) is 30.7 Å². The van der Waals surface area contributed by atoms with Crippen molar-refractivity contribution in [3.05, 3.63) is 148 Å². The number of para-hydroxylation sites is 4. The molecule has 0 fully saturated rings. The molecule has 0 aliphatic carbocycles. The predicted molar refractivity (Wildman–Crippen MR) is 139 cm³/mol. The first-order chi connectivity index (χ1) is 19.6. The highest BCUT2D eigenvalue weighted by Gasteiger charge is 2.34. The smallest absolute Gasteiger partial charge is 0.151 e. The summed E-state index contributed by atoms with van der Waals surface area (Å²) in [5.41, 5.74) is -2.10. The van der Waals surface area contributed by atoms with E-state index >= 15 is 26.3 Å². The fraction of sp³-hybridized carbons (Fsp3) is 0.0625. The molecule has 1 atom stereocenters. The maximum atomic E-state index is 16.0. The Morgan fingerprint density at radius 3 is 1.49 bits per heavy atom. The molecular formula is C32H18F7NO. The molecule has 0 spiro atoms. The van der Waals surface area contributed by atoms with E-state index in [2.05, 4.69) is 0 Å². The van der Waals surface area contributed by atoms with Crippen molar-refractivity contribution in [2.45, 2.75) is 12.8 Å². The summed E-state index contributed by atoms with van der Waals surface area (Å²) < 4.78 is 112. The van der Waals surface area contributed by atoms with Crippen molar-refractivity contribution in [3.8, 4) is 11.5 Å². The van der Waals surface area contributed by atoms with E-state index in [1.54, 1.807) is 48.5 Å². The topological polar surface area (TPSA) is 12.5 Å². The summed E-state index contributed by atoms with van der Waals surface area (Å²) >= 11 is 0. The maximum absolute atomic E-state index is 16.0. The van der Waals surface area contributed by atoms with E-state index < -0.39 is 69.0 Å². The van der Waals surface area contributed by atoms with Crippen LogP contribution in [0.5, 0.6) is 11.5 Å². The van der Waals surface area contributed by atoms with Crippen LogP contribution < -0.4 is 9.64 Å². The number of nitrogens with zero attached hydrogens (tertiary/aromatic N) is 1. The Morgan fingerprint density at radius 2 is 1.00 bits per heavy atom. The van der Waals surface area contributed by atoms with Crippen molar-refractivity contribution in [2.24, 2.45) is 0 Å². The number of aryl methyl sites for hydroxylation is 1. The van der Waals surface area contributed by atoms with E-state index in [4.69, 9.17) is 4.74 Å². The zero-order valence-corrected chi connectivity index (χ0v) is 21.2. The van der Waals surface area contributed by atoms with Crippen LogP contribution in [0.15, 0.2) is 84.9 Å². The maximum Gasteiger partial charge on any atom is 0.151 e. The zero-order chi connectivity index (χ0) is 29.0. The van der Waals surface area contributed by atoms with Gasteiger partial charge in [-0.05, 0) is 66.6 Å². The van der Waals surface area contributed by atoms with E-state index in [0.717, 1.165) is 24.3 Å². The van der Waals surface area contributed by atoms with E-state index in [0.29, 0.717) is 35.0 Å². The van der Waals surface area contributed by atoms with Gasteiger partial charge < -0.3 is 4.74 Å². The largest absolute Gasteiger partial charge is 0.453 e. The summed E-state index contributed by atoms with van der Waals surface area (Å²) in [6, 6.07) is 17.1. The van der Waals surface area contributed by atoms with Crippen LogP contribution in [0, 0.1) is 47.6 Å². The first kappa shape index (κ1) is 26.4. The third-order valence-corrected chi connectivity index (χ3v) is 6.87. The molecule has 206 valence electrons. The summed E-state index contributed by atoms with van der Waals surface area (Å²) in [4.78, 5) is 1.28. The third kappa shape index (κ3) is 4.47. The highest BCUT2D eigenvalue weighted by Crippen LogP contribution is 2.52. The van der Waals surface area contributed by atoms with Crippen LogP contribution in [0.4, 0.5) is 47.8 Å². The van der Waals surface area contributed by atoms with E-state index in [1.807, 2.05) is 0 Å². The molecule has 0 aromatic heterocycles. The summed E-state index contributed by atoms with van der Waals surface area (Å²) in [5, 5.41) is 0. The molecule has 0 radical (unpaired) electrons. The first-order valence-corrected chi connectivity index (χ1v) is 12.4. The van der Waals surface area contributed by atoms with Gasteiger partial charge in [0.1, 0.15) is 34.8 Å². The lowest BCUT2D eigenvalue weighted by Gasteiger charge is -2.33. The Morgan fingerprint density at radius 1 is 0.561 bits per heavy atom. The highest BCUT2D eigenvalue weighted by molar-refractivity contribution is 5.86. The number of halogens is 7. The molecule has 41 heavy (non-hydrogen) atoms. The molecular weight excluding hydrogens is 547 g/mol. The molecule has 0 saturated carbocycles. The number of rotatable bonds is 4. The molecule has 1 aliphatic rings. The lowest BCUT2D eigenvalue weighted by atomic mass is 9.83. The summed E-state index contributed by atoms with van der Waals surface area (Å²) in [6.45, 7) is 1.40. The average Bonchev–Trinajstić information content (AvgIpc) is 2.90. The van der Waals surface area contributed by atoms with Gasteiger partial charge in [0.15, 0.2) is 23.1 Å². The van der Waals surface area contributed by atoms with Crippen molar-refractivity contribution in [3.63, 3.8) is 0 Å². The minimum Gasteiger partial charge on any atom is -0.453 e. The predicted octanol–water partition coefficient (Wildman–Crippen LogP) is 9.72. The van der Waals surface area contributed by atoms with Gasteiger partial charge in [-0.15, -0.1) is 0 Å². The van der Waals surface area contributed by atoms with Gasteiger partial charge in [0.05, 0.1) is 11.4 Å². The highest BCUT2D eigenvalue weighted by atomic mass is 19.2. The van der Waals surface area contributed by atoms with Gasteiger partial charge >= 0.3 is 0 Å². The van der Waals surface area contributed by atoms with Gasteiger partial charge in [-0.2, -0.15) is 0 Å². The lowest BCUT2D eigenvalue weighted by molar-refractivity contribution is 0.475. The molecule has 2 nitrogen and oxygen atoms in total. The molecule has 0 N–H and O–H groups in total. The fourth-order valence-electron chi connectivity index (χ4n) is 5.20. The minimum atomic E-state index is -2.00. The summed E-state index contributed by atoms with van der Waals surface area (Å²) in [6.07, 6.45) is 0. The van der Waals surface area contributed by atoms with Crippen LogP contribution in [0.1, 0.15) is 28.2 Å². The standard InChI is InChI=1S/C32H18F7NO/c1-16-10-19(34)30(20(35)11-16)29(31-21(36)14-18(33)15-22(31)37)17-12-23(38)32(24(39)13-17)40-25-6-2-4-8-27(25)41-28-9-5-3-7-26(28)40/h2-15,29H,1H3. The van der Waals surface area contributed by atoms with Crippen LogP contribution in [0.2, 0.25) is 0 Å². The average molecular weight is 565 g/mol. The van der Waals surface area contributed by atoms with Crippen LogP contribution >= 0.6 is 0 Å². The first-order valence-electron chi connectivity index (χ1n) is 12.4. The van der Waals surface area contributed by atoms with Crippen molar-refractivity contribution in [2.75, 3.05) is 4.90 Å². The number of hydrogen-bond donors (Lipinski definition) is 0. The van der Waals surface area contributed by atoms with Gasteiger partial charge in [-0.3, -0.25) is 4.90 Å². The Balaban J connectivity index is 1.60. The monoisotopic (exact) mass is 565 g/mol. The van der Waals surface area contributed by atoms with Crippen molar-refractivity contribution >= 4 is 17.1 Å². The second-order valence-electron chi connectivity index (χ2n) is 9.56. The molecule has 5 aromatic rings. The molecule has 0 bridgehead atoms. The summed E-state index contributed by atoms with van der Waals surface area (Å²) in [5.74, 6) is -10.4. The van der Waals surface area contributed by atoms with Crippen molar-refractivity contribution in [1.82, 2.24) is 0 Å². The molecule has 0 saturated heterocycles. The second-order valence-corrected chi connectivity index (χ2v) is 9.56. The number of fused-ring (bicyclic) bond motifs is 2. The van der Waals surface area contributed by atoms with Gasteiger partial charge in [0.25, 0.3) is 0 Å². The Bertz CT molecular complexity index is 1670. The van der Waals surface area contributed by atoms with Crippen LogP contribution in [0.25, 0.3) is 0 Å². The van der Waals surface area contributed by atoms with Crippen LogP contribution in [-0.4, -0.2) is 0 Å². The molecule has 9 heteroatoms. The van der Waals surface area contributed by atoms with Crippen molar-refractivity contribution in [1.29, 1.82) is 0 Å². The Kier molecular flexibility index (Phi) is 6.44. The molecule has 5 aromatic carbocycles. The summed E-state index contributed by atoms with van der Waals surface area (Å²) in [7, 11) is 0. The number of hydrogen-bond acceptors (Lipinski definition) is 2. The number of anilines is 3. The fourth-order valence-corrected chi connectivity index (χ4v) is 5.20. The van der Waals surface area contributed by atoms with E-state index in [1.165, 1.54) is 11.8 Å². The van der Waals surface area contributed by atoms with Crippen LogP contribution in [-0.2, 0) is 0 Å². The third-order valence-electron chi connectivity index (χ3n) is 6.87. The number of benzene rings is 5. The Labute approximate surface area is 229 Å².